The van der Waals surface area contributed by atoms with Crippen LogP contribution in [-0.2, 0) is 9.53 Å². The van der Waals surface area contributed by atoms with Gasteiger partial charge in [-0.3, -0.25) is 4.79 Å². The monoisotopic (exact) mass is 391 g/mol. The molecule has 0 radical (unpaired) electrons. The summed E-state index contributed by atoms with van der Waals surface area (Å²) < 4.78 is 10.8. The summed E-state index contributed by atoms with van der Waals surface area (Å²) in [5.41, 5.74) is 4.08. The number of anilines is 1. The minimum absolute atomic E-state index is 0.286. The van der Waals surface area contributed by atoms with Crippen molar-refractivity contribution in [3.63, 3.8) is 0 Å². The zero-order valence-corrected chi connectivity index (χ0v) is 17.3. The third kappa shape index (κ3) is 4.40. The molecule has 3 aromatic carbocycles. The number of benzene rings is 3. The number of fused-ring (bicyclic) bond motifs is 1. The first-order chi connectivity index (χ1) is 13.8. The van der Waals surface area contributed by atoms with Crippen molar-refractivity contribution in [3.05, 3.63) is 70.8 Å². The van der Waals surface area contributed by atoms with Crippen molar-refractivity contribution in [2.45, 2.75) is 33.8 Å². The molecular formula is C24H25NO4. The van der Waals surface area contributed by atoms with Gasteiger partial charge in [-0.1, -0.05) is 42.0 Å². The van der Waals surface area contributed by atoms with Crippen molar-refractivity contribution in [2.24, 2.45) is 0 Å². The van der Waals surface area contributed by atoms with E-state index in [1.54, 1.807) is 19.1 Å². The summed E-state index contributed by atoms with van der Waals surface area (Å²) in [5, 5.41) is 4.72. The minimum Gasteiger partial charge on any atom is -0.496 e. The fourth-order valence-electron chi connectivity index (χ4n) is 3.43. The largest absolute Gasteiger partial charge is 0.496 e. The van der Waals surface area contributed by atoms with Gasteiger partial charge in [-0.15, -0.1) is 0 Å². The van der Waals surface area contributed by atoms with Crippen molar-refractivity contribution >= 4 is 28.3 Å². The van der Waals surface area contributed by atoms with Crippen molar-refractivity contribution < 1.29 is 19.1 Å². The predicted octanol–water partition coefficient (Wildman–Crippen LogP) is 4.96. The Morgan fingerprint density at radius 1 is 0.931 bits per heavy atom. The number of nitrogens with one attached hydrogen (secondary N) is 1. The summed E-state index contributed by atoms with van der Waals surface area (Å²) in [5.74, 6) is -0.577. The number of amides is 1. The van der Waals surface area contributed by atoms with Crippen molar-refractivity contribution in [2.75, 3.05) is 12.4 Å². The molecule has 1 atom stereocenters. The Bertz CT molecular complexity index is 1060. The van der Waals surface area contributed by atoms with Gasteiger partial charge in [0.15, 0.2) is 6.10 Å². The second-order valence-electron chi connectivity index (χ2n) is 7.21. The molecule has 5 heteroatoms. The predicted molar refractivity (Wildman–Crippen MR) is 115 cm³/mol. The van der Waals surface area contributed by atoms with Crippen LogP contribution in [0.25, 0.3) is 10.8 Å². The van der Waals surface area contributed by atoms with E-state index in [1.807, 2.05) is 57.2 Å². The van der Waals surface area contributed by atoms with Crippen LogP contribution in [-0.4, -0.2) is 25.1 Å². The van der Waals surface area contributed by atoms with E-state index in [1.165, 1.54) is 7.11 Å². The van der Waals surface area contributed by atoms with E-state index < -0.39 is 12.1 Å². The SMILES string of the molecule is COc1cc2ccccc2cc1C(=O)O[C@@H](C)C(=O)Nc1c(C)cc(C)cc1C. The van der Waals surface area contributed by atoms with Crippen molar-refractivity contribution in [1.82, 2.24) is 0 Å². The van der Waals surface area contributed by atoms with Crippen LogP contribution >= 0.6 is 0 Å². The Labute approximate surface area is 170 Å². The maximum Gasteiger partial charge on any atom is 0.342 e. The molecule has 3 rings (SSSR count). The number of carbonyl (C=O) groups excluding carboxylic acids is 2. The number of esters is 1. The third-order valence-electron chi connectivity index (χ3n) is 4.87. The number of hydrogen-bond donors (Lipinski definition) is 1. The van der Waals surface area contributed by atoms with Crippen molar-refractivity contribution in [1.29, 1.82) is 0 Å². The smallest absolute Gasteiger partial charge is 0.342 e. The third-order valence-corrected chi connectivity index (χ3v) is 4.87. The molecule has 150 valence electrons. The Morgan fingerprint density at radius 3 is 2.10 bits per heavy atom. The zero-order chi connectivity index (χ0) is 21.1. The molecule has 0 fully saturated rings. The molecule has 1 amide bonds. The Balaban J connectivity index is 1.78. The molecule has 0 aliphatic rings. The van der Waals surface area contributed by atoms with Crippen LogP contribution in [0.3, 0.4) is 0 Å². The lowest BCUT2D eigenvalue weighted by atomic mass is 10.0. The van der Waals surface area contributed by atoms with Crippen LogP contribution in [0.4, 0.5) is 5.69 Å². The molecule has 0 aromatic heterocycles. The van der Waals surface area contributed by atoms with Gasteiger partial charge in [0.05, 0.1) is 7.11 Å². The Hall–Kier alpha value is -3.34. The molecule has 3 aromatic rings. The van der Waals surface area contributed by atoms with E-state index in [2.05, 4.69) is 5.32 Å². The number of methoxy groups -OCH3 is 1. The molecule has 29 heavy (non-hydrogen) atoms. The number of hydrogen-bond acceptors (Lipinski definition) is 4. The first-order valence-corrected chi connectivity index (χ1v) is 9.46. The van der Waals surface area contributed by atoms with Gasteiger partial charge in [-0.2, -0.15) is 0 Å². The van der Waals surface area contributed by atoms with Crippen LogP contribution in [0.15, 0.2) is 48.5 Å². The van der Waals surface area contributed by atoms with Gasteiger partial charge in [0, 0.05) is 5.69 Å². The summed E-state index contributed by atoms with van der Waals surface area (Å²) in [6.07, 6.45) is -0.959. The van der Waals surface area contributed by atoms with Gasteiger partial charge < -0.3 is 14.8 Å². The molecule has 0 aliphatic heterocycles. The molecule has 1 N–H and O–H groups in total. The van der Waals surface area contributed by atoms with Gasteiger partial charge in [-0.25, -0.2) is 4.79 Å². The highest BCUT2D eigenvalue weighted by Gasteiger charge is 2.23. The Kier molecular flexibility index (Phi) is 5.87. The van der Waals surface area contributed by atoms with Crippen LogP contribution in [0.2, 0.25) is 0 Å². The van der Waals surface area contributed by atoms with E-state index in [4.69, 9.17) is 9.47 Å². The molecule has 0 heterocycles. The van der Waals surface area contributed by atoms with E-state index in [9.17, 15) is 9.59 Å². The minimum atomic E-state index is -0.959. The van der Waals surface area contributed by atoms with Gasteiger partial charge in [0.25, 0.3) is 5.91 Å². The Morgan fingerprint density at radius 2 is 1.52 bits per heavy atom. The lowest BCUT2D eigenvalue weighted by Crippen LogP contribution is -2.30. The highest BCUT2D eigenvalue weighted by Crippen LogP contribution is 2.27. The number of ether oxygens (including phenoxy) is 2. The maximum atomic E-state index is 12.7. The normalized spacial score (nSPS) is 11.8. The highest BCUT2D eigenvalue weighted by atomic mass is 16.5. The average molecular weight is 391 g/mol. The van der Waals surface area contributed by atoms with Crippen LogP contribution in [0, 0.1) is 20.8 Å². The standard InChI is InChI=1S/C24H25NO4/c1-14-10-15(2)22(16(3)11-14)25-23(26)17(4)29-24(27)20-12-18-8-6-7-9-19(18)13-21(20)28-5/h6-13,17H,1-5H3,(H,25,26)/t17-/m0/s1. The summed E-state index contributed by atoms with van der Waals surface area (Å²) in [4.78, 5) is 25.3. The van der Waals surface area contributed by atoms with Crippen LogP contribution in [0.5, 0.6) is 5.75 Å². The van der Waals surface area contributed by atoms with Gasteiger partial charge in [0.2, 0.25) is 0 Å². The summed E-state index contributed by atoms with van der Waals surface area (Å²) in [7, 11) is 1.50. The van der Waals surface area contributed by atoms with E-state index >= 15 is 0 Å². The van der Waals surface area contributed by atoms with Crippen LogP contribution in [0.1, 0.15) is 34.0 Å². The fourth-order valence-corrected chi connectivity index (χ4v) is 3.43. The zero-order valence-electron chi connectivity index (χ0n) is 17.3. The highest BCUT2D eigenvalue weighted by molar-refractivity contribution is 6.01. The molecule has 0 saturated heterocycles. The van der Waals surface area contributed by atoms with Gasteiger partial charge >= 0.3 is 5.97 Å². The molecule has 0 unspecified atom stereocenters. The van der Waals surface area contributed by atoms with E-state index in [0.29, 0.717) is 5.75 Å². The molecule has 0 spiro atoms. The molecule has 0 aliphatic carbocycles. The van der Waals surface area contributed by atoms with Gasteiger partial charge in [-0.05, 0) is 61.7 Å². The molecule has 0 bridgehead atoms. The van der Waals surface area contributed by atoms with E-state index in [0.717, 1.165) is 33.2 Å². The number of aryl methyl sites for hydroxylation is 3. The second kappa shape index (κ2) is 8.35. The average Bonchev–Trinajstić information content (AvgIpc) is 2.69. The molecule has 0 saturated carbocycles. The molecule has 5 nitrogen and oxygen atoms in total. The lowest BCUT2D eigenvalue weighted by Gasteiger charge is -2.17. The first kappa shape index (κ1) is 20.4. The summed E-state index contributed by atoms with van der Waals surface area (Å²) >= 11 is 0. The number of carbonyl (C=O) groups is 2. The van der Waals surface area contributed by atoms with Gasteiger partial charge in [0.1, 0.15) is 11.3 Å². The first-order valence-electron chi connectivity index (χ1n) is 9.46. The maximum absolute atomic E-state index is 12.7. The molecular weight excluding hydrogens is 366 g/mol. The van der Waals surface area contributed by atoms with Crippen molar-refractivity contribution in [3.8, 4) is 5.75 Å². The lowest BCUT2D eigenvalue weighted by molar-refractivity contribution is -0.123. The second-order valence-corrected chi connectivity index (χ2v) is 7.21. The number of rotatable bonds is 5. The quantitative estimate of drug-likeness (QED) is 0.625. The van der Waals surface area contributed by atoms with Crippen LogP contribution < -0.4 is 10.1 Å². The van der Waals surface area contributed by atoms with E-state index in [-0.39, 0.29) is 11.5 Å². The fraction of sp³-hybridized carbons (Fsp3) is 0.250. The summed E-state index contributed by atoms with van der Waals surface area (Å²) in [6.45, 7) is 7.44. The summed E-state index contributed by atoms with van der Waals surface area (Å²) in [6, 6.07) is 15.2. The topological polar surface area (TPSA) is 64.6 Å².